The smallest absolute Gasteiger partial charge is 0.330 e. The van der Waals surface area contributed by atoms with Crippen molar-refractivity contribution in [1.29, 1.82) is 0 Å². The van der Waals surface area contributed by atoms with Crippen molar-refractivity contribution in [1.82, 2.24) is 0 Å². The normalized spacial score (nSPS) is 12.6. The van der Waals surface area contributed by atoms with E-state index in [-0.39, 0.29) is 18.7 Å². The monoisotopic (exact) mass is 494 g/mol. The molecule has 1 aliphatic rings. The van der Waals surface area contributed by atoms with Gasteiger partial charge in [0.15, 0.2) is 0 Å². The highest BCUT2D eigenvalue weighted by atomic mass is 16.7. The number of carbonyl (C=O) groups is 2. The molecule has 186 valence electrons. The van der Waals surface area contributed by atoms with Crippen LogP contribution in [0.15, 0.2) is 72.8 Å². The molecule has 37 heavy (non-hydrogen) atoms. The molecule has 0 unspecified atom stereocenters. The van der Waals surface area contributed by atoms with Gasteiger partial charge in [-0.05, 0) is 82.9 Å². The number of fused-ring (bicyclic) bond motifs is 7. The zero-order valence-electron chi connectivity index (χ0n) is 20.7. The summed E-state index contributed by atoms with van der Waals surface area (Å²) in [5.41, 5.74) is 3.68. The zero-order chi connectivity index (χ0) is 25.8. The largest absolute Gasteiger partial charge is 0.463 e. The van der Waals surface area contributed by atoms with Gasteiger partial charge in [0.2, 0.25) is 6.79 Å². The number of rotatable bonds is 6. The molecule has 5 rings (SSSR count). The van der Waals surface area contributed by atoms with Crippen LogP contribution < -0.4 is 9.47 Å². The molecule has 0 aliphatic carbocycles. The SMILES string of the molecule is CCOC(=O)/C=C\c1ccc2c3c(ccc2c1)OCOc1ccc2cc(/C=C\C(=O)OCC)ccc2c1-3. The summed E-state index contributed by atoms with van der Waals surface area (Å²) in [7, 11) is 0. The van der Waals surface area contributed by atoms with Crippen molar-refractivity contribution in [2.45, 2.75) is 13.8 Å². The van der Waals surface area contributed by atoms with Crippen LogP contribution >= 0.6 is 0 Å². The molecule has 1 heterocycles. The van der Waals surface area contributed by atoms with Gasteiger partial charge in [0.1, 0.15) is 11.5 Å². The fraction of sp³-hybridized carbons (Fsp3) is 0.161. The van der Waals surface area contributed by atoms with E-state index in [1.807, 2.05) is 60.7 Å². The molecule has 0 saturated carbocycles. The maximum Gasteiger partial charge on any atom is 0.330 e. The minimum atomic E-state index is -0.369. The summed E-state index contributed by atoms with van der Waals surface area (Å²) in [4.78, 5) is 23.5. The fourth-order valence-corrected chi connectivity index (χ4v) is 4.49. The Balaban J connectivity index is 1.61. The van der Waals surface area contributed by atoms with Crippen molar-refractivity contribution in [3.63, 3.8) is 0 Å². The van der Waals surface area contributed by atoms with E-state index in [4.69, 9.17) is 18.9 Å². The van der Waals surface area contributed by atoms with Gasteiger partial charge < -0.3 is 18.9 Å². The molecular weight excluding hydrogens is 468 g/mol. The first-order valence-electron chi connectivity index (χ1n) is 12.2. The Kier molecular flexibility index (Phi) is 6.90. The fourth-order valence-electron chi connectivity index (χ4n) is 4.49. The Morgan fingerprint density at radius 1 is 0.703 bits per heavy atom. The van der Waals surface area contributed by atoms with Crippen LogP contribution in [0.25, 0.3) is 44.8 Å². The van der Waals surface area contributed by atoms with Gasteiger partial charge in [-0.3, -0.25) is 0 Å². The maximum atomic E-state index is 11.7. The Morgan fingerprint density at radius 3 is 1.59 bits per heavy atom. The van der Waals surface area contributed by atoms with Crippen LogP contribution in [0.3, 0.4) is 0 Å². The lowest BCUT2D eigenvalue weighted by Gasteiger charge is -2.14. The molecule has 0 N–H and O–H groups in total. The summed E-state index contributed by atoms with van der Waals surface area (Å²) in [6.45, 7) is 4.35. The van der Waals surface area contributed by atoms with Crippen molar-refractivity contribution < 1.29 is 28.5 Å². The van der Waals surface area contributed by atoms with Gasteiger partial charge >= 0.3 is 11.9 Å². The first kappa shape index (κ1) is 24.1. The summed E-state index contributed by atoms with van der Waals surface area (Å²) in [6.07, 6.45) is 6.36. The van der Waals surface area contributed by atoms with Crippen molar-refractivity contribution >= 4 is 45.6 Å². The Bertz CT molecular complexity index is 1450. The first-order chi connectivity index (χ1) is 18.1. The summed E-state index contributed by atoms with van der Waals surface area (Å²) < 4.78 is 21.9. The van der Waals surface area contributed by atoms with Crippen LogP contribution in [-0.2, 0) is 19.1 Å². The Labute approximate surface area is 214 Å². The van der Waals surface area contributed by atoms with Gasteiger partial charge in [-0.25, -0.2) is 9.59 Å². The minimum absolute atomic E-state index is 0.109. The predicted molar refractivity (Wildman–Crippen MR) is 144 cm³/mol. The zero-order valence-corrected chi connectivity index (χ0v) is 20.7. The third-order valence-electron chi connectivity index (χ3n) is 6.09. The third kappa shape index (κ3) is 5.05. The Morgan fingerprint density at radius 2 is 1.16 bits per heavy atom. The van der Waals surface area contributed by atoms with Crippen LogP contribution in [0.4, 0.5) is 0 Å². The molecule has 0 saturated heterocycles. The molecule has 0 aromatic heterocycles. The highest BCUT2D eigenvalue weighted by Crippen LogP contribution is 2.47. The van der Waals surface area contributed by atoms with E-state index in [0.717, 1.165) is 55.3 Å². The van der Waals surface area contributed by atoms with E-state index in [9.17, 15) is 9.59 Å². The number of ether oxygens (including phenoxy) is 4. The highest BCUT2D eigenvalue weighted by molar-refractivity contribution is 6.10. The van der Waals surface area contributed by atoms with Crippen molar-refractivity contribution in [2.75, 3.05) is 20.0 Å². The summed E-state index contributed by atoms with van der Waals surface area (Å²) in [5.74, 6) is 0.735. The summed E-state index contributed by atoms with van der Waals surface area (Å²) >= 11 is 0. The number of hydrogen-bond acceptors (Lipinski definition) is 6. The van der Waals surface area contributed by atoms with Crippen molar-refractivity contribution in [3.05, 3.63) is 83.9 Å². The third-order valence-corrected chi connectivity index (χ3v) is 6.09. The molecule has 1 aliphatic heterocycles. The van der Waals surface area contributed by atoms with E-state index in [2.05, 4.69) is 0 Å². The average Bonchev–Trinajstić information content (AvgIpc) is 3.10. The van der Waals surface area contributed by atoms with E-state index in [1.165, 1.54) is 12.2 Å². The average molecular weight is 495 g/mol. The molecule has 4 aromatic rings. The molecule has 6 heteroatoms. The lowest BCUT2D eigenvalue weighted by molar-refractivity contribution is -0.138. The number of carbonyl (C=O) groups excluding carboxylic acids is 2. The van der Waals surface area contributed by atoms with E-state index in [0.29, 0.717) is 13.2 Å². The van der Waals surface area contributed by atoms with Crippen molar-refractivity contribution in [3.8, 4) is 22.6 Å². The highest BCUT2D eigenvalue weighted by Gasteiger charge is 2.22. The molecule has 0 spiro atoms. The quantitative estimate of drug-likeness (QED) is 0.224. The number of hydrogen-bond donors (Lipinski definition) is 0. The second-order valence-corrected chi connectivity index (χ2v) is 8.42. The molecule has 0 fully saturated rings. The van der Waals surface area contributed by atoms with Crippen molar-refractivity contribution in [2.24, 2.45) is 0 Å². The van der Waals surface area contributed by atoms with Gasteiger partial charge in [-0.15, -0.1) is 0 Å². The molecule has 6 nitrogen and oxygen atoms in total. The topological polar surface area (TPSA) is 71.1 Å². The predicted octanol–water partition coefficient (Wildman–Crippen LogP) is 6.54. The molecule has 4 aromatic carbocycles. The van der Waals surface area contributed by atoms with Crippen LogP contribution in [0.1, 0.15) is 25.0 Å². The van der Waals surface area contributed by atoms with Crippen LogP contribution in [0.5, 0.6) is 11.5 Å². The van der Waals surface area contributed by atoms with Gasteiger partial charge in [0, 0.05) is 23.3 Å². The van der Waals surface area contributed by atoms with Gasteiger partial charge in [0.05, 0.1) is 13.2 Å². The van der Waals surface area contributed by atoms with E-state index < -0.39 is 0 Å². The molecule has 0 bridgehead atoms. The number of benzene rings is 4. The molecular formula is C31H26O6. The second kappa shape index (κ2) is 10.6. The van der Waals surface area contributed by atoms with E-state index in [1.54, 1.807) is 26.0 Å². The van der Waals surface area contributed by atoms with Crippen LogP contribution in [0.2, 0.25) is 0 Å². The molecule has 0 radical (unpaired) electrons. The number of esters is 2. The van der Waals surface area contributed by atoms with E-state index >= 15 is 0 Å². The minimum Gasteiger partial charge on any atom is -0.463 e. The maximum absolute atomic E-state index is 11.7. The second-order valence-electron chi connectivity index (χ2n) is 8.42. The summed E-state index contributed by atoms with van der Waals surface area (Å²) in [5, 5.41) is 4.03. The van der Waals surface area contributed by atoms with Gasteiger partial charge in [0.25, 0.3) is 0 Å². The standard InChI is InChI=1S/C31H26O6/c1-3-34-28(32)15-7-20-5-11-24-22(17-20)9-13-26-30(24)31-25-12-6-21(8-16-29(33)35-4-2)18-23(25)10-14-27(31)37-19-36-26/h5-18H,3-4,19H2,1-2H3/b15-7-,16-8-. The summed E-state index contributed by atoms with van der Waals surface area (Å²) in [6, 6.07) is 20.0. The van der Waals surface area contributed by atoms with Gasteiger partial charge in [-0.2, -0.15) is 0 Å². The Hall–Kier alpha value is -4.58. The lowest BCUT2D eigenvalue weighted by atomic mass is 9.91. The molecule has 0 atom stereocenters. The van der Waals surface area contributed by atoms with Gasteiger partial charge in [-0.1, -0.05) is 36.4 Å². The molecule has 0 amide bonds. The van der Waals surface area contributed by atoms with Crippen LogP contribution in [-0.4, -0.2) is 31.9 Å². The first-order valence-corrected chi connectivity index (χ1v) is 12.2. The lowest BCUT2D eigenvalue weighted by Crippen LogP contribution is -2.03. The van der Waals surface area contributed by atoms with Crippen LogP contribution in [0, 0.1) is 0 Å².